The number of carbonyl (C=O) groups is 1. The van der Waals surface area contributed by atoms with E-state index in [1.165, 1.54) is 6.07 Å². The molecule has 2 aliphatic rings. The number of hydrogen-bond acceptors (Lipinski definition) is 4. The van der Waals surface area contributed by atoms with Crippen molar-refractivity contribution >= 4 is 5.91 Å². The first-order chi connectivity index (χ1) is 17.6. The number of nitrogens with zero attached hydrogens (tertiary/aromatic N) is 2. The molecule has 0 aromatic heterocycles. The highest BCUT2D eigenvalue weighted by Crippen LogP contribution is 2.39. The summed E-state index contributed by atoms with van der Waals surface area (Å²) < 4.78 is 59.6. The normalized spacial score (nSPS) is 25.5. The average molecular weight is 518 g/mol. The van der Waals surface area contributed by atoms with Crippen molar-refractivity contribution in [1.82, 2.24) is 10.2 Å². The Labute approximate surface area is 214 Å². The zero-order valence-corrected chi connectivity index (χ0v) is 20.8. The van der Waals surface area contributed by atoms with E-state index in [1.54, 1.807) is 11.8 Å². The van der Waals surface area contributed by atoms with Gasteiger partial charge in [0.25, 0.3) is 0 Å². The second-order valence-corrected chi connectivity index (χ2v) is 10.00. The molecule has 0 spiro atoms. The molecule has 2 aromatic rings. The quantitative estimate of drug-likeness (QED) is 0.471. The third kappa shape index (κ3) is 5.65. The number of nitrogens with one attached hydrogen (secondary N) is 1. The topological polar surface area (TPSA) is 65.4 Å². The zero-order valence-electron chi connectivity index (χ0n) is 20.8. The SMILES string of the molecule is C[C@@H](OC[C@@]1(c2ccccc2)CC[C@](C#N)(N2CCCCC2=O)CN1)c1cc(CF)cc(C(F)(F)F)c1. The molecule has 37 heavy (non-hydrogen) atoms. The van der Waals surface area contributed by atoms with E-state index < -0.39 is 35.6 Å². The fourth-order valence-corrected chi connectivity index (χ4v) is 5.32. The standard InChI is InChI=1S/C28H31F4N3O2/c1-20(22-13-21(16-29)14-24(15-22)28(30,31)32)37-19-27(23-7-3-2-4-8-23)11-10-26(17-33,18-34-27)35-12-6-5-9-25(35)36/h2-4,7-8,13-15,20,34H,5-6,9-12,16,18-19H2,1H3/t20-,26-,27-/m1/s1. The van der Waals surface area contributed by atoms with Gasteiger partial charge in [-0.2, -0.15) is 18.4 Å². The van der Waals surface area contributed by atoms with Crippen molar-refractivity contribution in [3.63, 3.8) is 0 Å². The van der Waals surface area contributed by atoms with Gasteiger partial charge < -0.3 is 15.0 Å². The number of likely N-dealkylation sites (tertiary alicyclic amines) is 1. The van der Waals surface area contributed by atoms with Crippen molar-refractivity contribution in [2.75, 3.05) is 19.7 Å². The average Bonchev–Trinajstić information content (AvgIpc) is 2.92. The van der Waals surface area contributed by atoms with E-state index in [-0.39, 0.29) is 30.2 Å². The van der Waals surface area contributed by atoms with Crippen molar-refractivity contribution in [3.05, 3.63) is 70.8 Å². The van der Waals surface area contributed by atoms with Crippen molar-refractivity contribution < 1.29 is 27.1 Å². The third-order valence-electron chi connectivity index (χ3n) is 7.61. The van der Waals surface area contributed by atoms with Crippen LogP contribution in [0.15, 0.2) is 48.5 Å². The Bertz CT molecular complexity index is 1140. The molecule has 2 heterocycles. The van der Waals surface area contributed by atoms with Gasteiger partial charge >= 0.3 is 6.18 Å². The molecule has 1 amide bonds. The van der Waals surface area contributed by atoms with Gasteiger partial charge in [0.1, 0.15) is 12.2 Å². The number of amides is 1. The number of ether oxygens (including phenoxy) is 1. The van der Waals surface area contributed by atoms with Crippen molar-refractivity contribution in [1.29, 1.82) is 5.26 Å². The first kappa shape index (κ1) is 27.1. The Morgan fingerprint density at radius 2 is 1.92 bits per heavy atom. The van der Waals surface area contributed by atoms with E-state index in [1.807, 2.05) is 30.3 Å². The van der Waals surface area contributed by atoms with E-state index in [0.29, 0.717) is 25.8 Å². The molecule has 2 fully saturated rings. The van der Waals surface area contributed by atoms with Gasteiger partial charge in [-0.1, -0.05) is 36.4 Å². The number of carbonyl (C=O) groups excluding carboxylic acids is 1. The molecule has 0 radical (unpaired) electrons. The molecule has 9 heteroatoms. The number of halogens is 4. The molecular weight excluding hydrogens is 486 g/mol. The highest BCUT2D eigenvalue weighted by molar-refractivity contribution is 5.78. The Balaban J connectivity index is 1.57. The number of benzene rings is 2. The highest BCUT2D eigenvalue weighted by atomic mass is 19.4. The van der Waals surface area contributed by atoms with Crippen LogP contribution in [0.25, 0.3) is 0 Å². The summed E-state index contributed by atoms with van der Waals surface area (Å²) in [4.78, 5) is 14.3. The first-order valence-electron chi connectivity index (χ1n) is 12.5. The van der Waals surface area contributed by atoms with E-state index in [2.05, 4.69) is 11.4 Å². The van der Waals surface area contributed by atoms with Gasteiger partial charge in [-0.3, -0.25) is 4.79 Å². The van der Waals surface area contributed by atoms with E-state index in [0.717, 1.165) is 30.5 Å². The molecule has 0 saturated carbocycles. The maximum Gasteiger partial charge on any atom is 0.416 e. The van der Waals surface area contributed by atoms with Gasteiger partial charge in [0.2, 0.25) is 5.91 Å². The Kier molecular flexibility index (Phi) is 7.91. The lowest BCUT2D eigenvalue weighted by Gasteiger charge is -2.49. The third-order valence-corrected chi connectivity index (χ3v) is 7.61. The Morgan fingerprint density at radius 1 is 1.16 bits per heavy atom. The molecule has 0 bridgehead atoms. The van der Waals surface area contributed by atoms with Crippen LogP contribution < -0.4 is 5.32 Å². The zero-order chi connectivity index (χ0) is 26.7. The lowest BCUT2D eigenvalue weighted by atomic mass is 9.75. The second-order valence-electron chi connectivity index (χ2n) is 10.00. The van der Waals surface area contributed by atoms with Gasteiger partial charge in [0.05, 0.1) is 29.9 Å². The first-order valence-corrected chi connectivity index (χ1v) is 12.5. The smallest absolute Gasteiger partial charge is 0.372 e. The Morgan fingerprint density at radius 3 is 2.51 bits per heavy atom. The molecule has 2 saturated heterocycles. The molecule has 198 valence electrons. The minimum absolute atomic E-state index is 0.0140. The lowest BCUT2D eigenvalue weighted by molar-refractivity contribution is -0.140. The van der Waals surface area contributed by atoms with Crippen LogP contribution in [0.2, 0.25) is 0 Å². The van der Waals surface area contributed by atoms with Gasteiger partial charge in [-0.15, -0.1) is 0 Å². The number of piperidine rings is 2. The van der Waals surface area contributed by atoms with Crippen LogP contribution in [-0.4, -0.2) is 36.0 Å². The van der Waals surface area contributed by atoms with Gasteiger partial charge in [0, 0.05) is 19.5 Å². The summed E-state index contributed by atoms with van der Waals surface area (Å²) >= 11 is 0. The van der Waals surface area contributed by atoms with Gasteiger partial charge in [-0.25, -0.2) is 4.39 Å². The molecule has 0 unspecified atom stereocenters. The molecule has 2 aromatic carbocycles. The summed E-state index contributed by atoms with van der Waals surface area (Å²) in [5.41, 5.74) is -1.47. The summed E-state index contributed by atoms with van der Waals surface area (Å²) in [6.45, 7) is 1.55. The number of alkyl halides is 4. The maximum atomic E-state index is 13.4. The van der Waals surface area contributed by atoms with Crippen LogP contribution in [-0.2, 0) is 27.9 Å². The predicted octanol–water partition coefficient (Wildman–Crippen LogP) is 5.81. The summed E-state index contributed by atoms with van der Waals surface area (Å²) in [6, 6.07) is 15.1. The second kappa shape index (κ2) is 10.8. The number of rotatable bonds is 7. The molecule has 0 aliphatic carbocycles. The van der Waals surface area contributed by atoms with E-state index in [4.69, 9.17) is 4.74 Å². The fourth-order valence-electron chi connectivity index (χ4n) is 5.32. The van der Waals surface area contributed by atoms with Crippen LogP contribution >= 0.6 is 0 Å². The van der Waals surface area contributed by atoms with Crippen molar-refractivity contribution in [2.24, 2.45) is 0 Å². The maximum absolute atomic E-state index is 13.4. The van der Waals surface area contributed by atoms with Crippen molar-refractivity contribution in [2.45, 2.75) is 69.1 Å². The molecule has 3 atom stereocenters. The number of nitriles is 1. The lowest BCUT2D eigenvalue weighted by Crippen LogP contribution is -2.65. The van der Waals surface area contributed by atoms with Gasteiger partial charge in [0.15, 0.2) is 0 Å². The summed E-state index contributed by atoms with van der Waals surface area (Å²) in [5.74, 6) is -0.0140. The van der Waals surface area contributed by atoms with Crippen LogP contribution in [0.1, 0.15) is 67.4 Å². The van der Waals surface area contributed by atoms with Crippen LogP contribution in [0.3, 0.4) is 0 Å². The molecule has 4 rings (SSSR count). The largest absolute Gasteiger partial charge is 0.416 e. The monoisotopic (exact) mass is 517 g/mol. The highest BCUT2D eigenvalue weighted by Gasteiger charge is 2.49. The van der Waals surface area contributed by atoms with E-state index in [9.17, 15) is 27.6 Å². The van der Waals surface area contributed by atoms with Crippen molar-refractivity contribution in [3.8, 4) is 6.07 Å². The summed E-state index contributed by atoms with van der Waals surface area (Å²) in [7, 11) is 0. The molecular formula is C28H31F4N3O2. The van der Waals surface area contributed by atoms with Crippen LogP contribution in [0.4, 0.5) is 17.6 Å². The fraction of sp³-hybridized carbons (Fsp3) is 0.500. The van der Waals surface area contributed by atoms with E-state index >= 15 is 0 Å². The molecule has 1 N–H and O–H groups in total. The minimum Gasteiger partial charge on any atom is -0.372 e. The van der Waals surface area contributed by atoms with Crippen LogP contribution in [0.5, 0.6) is 0 Å². The summed E-state index contributed by atoms with van der Waals surface area (Å²) in [5, 5.41) is 13.6. The summed E-state index contributed by atoms with van der Waals surface area (Å²) in [6.07, 6.45) is -2.29. The molecule has 2 aliphatic heterocycles. The Hall–Kier alpha value is -2.96. The molecule has 5 nitrogen and oxygen atoms in total. The van der Waals surface area contributed by atoms with Crippen LogP contribution in [0, 0.1) is 11.3 Å². The van der Waals surface area contributed by atoms with Gasteiger partial charge in [-0.05, 0) is 61.4 Å². The predicted molar refractivity (Wildman–Crippen MR) is 130 cm³/mol. The number of hydrogen-bond donors (Lipinski definition) is 1. The minimum atomic E-state index is -4.59.